The Hall–Kier alpha value is -2.23. The minimum Gasteiger partial charge on any atom is -0.411 e. The standard InChI is InChI=1S/C22H32N4O4Si/c1-22(2,3)31(5,6)30-16-12-23-18(16)13-8-7-9-14-19(13)25(4)21(29)26(14)15-10-11-17(27)24-20(15)28/h7-9,15-16,18,23H,10-12H2,1-6H3,(H,24,27,28). The van der Waals surface area contributed by atoms with Gasteiger partial charge in [-0.15, -0.1) is 0 Å². The highest BCUT2D eigenvalue weighted by Gasteiger charge is 2.44. The molecule has 1 aromatic carbocycles. The highest BCUT2D eigenvalue weighted by molar-refractivity contribution is 6.74. The van der Waals surface area contributed by atoms with Crippen molar-refractivity contribution >= 4 is 31.2 Å². The zero-order chi connectivity index (χ0) is 22.7. The van der Waals surface area contributed by atoms with Gasteiger partial charge in [0.15, 0.2) is 8.32 Å². The van der Waals surface area contributed by atoms with Crippen LogP contribution in [0.25, 0.3) is 11.0 Å². The molecule has 3 heterocycles. The van der Waals surface area contributed by atoms with Crippen LogP contribution in [0, 0.1) is 0 Å². The molecule has 3 unspecified atom stereocenters. The lowest BCUT2D eigenvalue weighted by Crippen LogP contribution is -2.57. The fraction of sp³-hybridized carbons (Fsp3) is 0.591. The number of aryl methyl sites for hydroxylation is 1. The maximum atomic E-state index is 13.2. The number of carbonyl (C=O) groups is 2. The molecular formula is C22H32N4O4Si. The van der Waals surface area contributed by atoms with E-state index in [0.717, 1.165) is 17.6 Å². The van der Waals surface area contributed by atoms with Crippen LogP contribution in [-0.4, -0.2) is 41.9 Å². The van der Waals surface area contributed by atoms with Crippen molar-refractivity contribution in [1.82, 2.24) is 19.8 Å². The van der Waals surface area contributed by atoms with E-state index in [2.05, 4.69) is 44.5 Å². The number of fused-ring (bicyclic) bond motifs is 1. The number of nitrogens with zero attached hydrogens (tertiary/aromatic N) is 2. The minimum atomic E-state index is -1.94. The Morgan fingerprint density at radius 3 is 2.45 bits per heavy atom. The monoisotopic (exact) mass is 444 g/mol. The summed E-state index contributed by atoms with van der Waals surface area (Å²) in [7, 11) is -0.205. The number of hydrogen-bond donors (Lipinski definition) is 2. The smallest absolute Gasteiger partial charge is 0.329 e. The van der Waals surface area contributed by atoms with Gasteiger partial charge < -0.3 is 9.74 Å². The molecule has 2 aromatic rings. The molecule has 0 aliphatic carbocycles. The van der Waals surface area contributed by atoms with Crippen molar-refractivity contribution in [3.05, 3.63) is 34.2 Å². The molecule has 3 atom stereocenters. The van der Waals surface area contributed by atoms with Crippen molar-refractivity contribution in [2.24, 2.45) is 7.05 Å². The summed E-state index contributed by atoms with van der Waals surface area (Å²) in [5.41, 5.74) is 2.26. The Balaban J connectivity index is 1.74. The summed E-state index contributed by atoms with van der Waals surface area (Å²) in [4.78, 5) is 37.2. The first-order chi connectivity index (χ1) is 14.4. The van der Waals surface area contributed by atoms with Crippen molar-refractivity contribution in [3.8, 4) is 0 Å². The van der Waals surface area contributed by atoms with Crippen LogP contribution >= 0.6 is 0 Å². The van der Waals surface area contributed by atoms with Gasteiger partial charge in [0.05, 0.1) is 23.2 Å². The van der Waals surface area contributed by atoms with E-state index in [0.29, 0.717) is 11.9 Å². The van der Waals surface area contributed by atoms with Gasteiger partial charge in [-0.2, -0.15) is 0 Å². The van der Waals surface area contributed by atoms with Crippen LogP contribution in [0.5, 0.6) is 0 Å². The Morgan fingerprint density at radius 1 is 1.16 bits per heavy atom. The van der Waals surface area contributed by atoms with Crippen molar-refractivity contribution in [2.45, 2.75) is 69.9 Å². The van der Waals surface area contributed by atoms with Gasteiger partial charge in [-0.25, -0.2) is 4.79 Å². The Morgan fingerprint density at radius 2 is 1.87 bits per heavy atom. The quantitative estimate of drug-likeness (QED) is 0.558. The molecule has 2 aliphatic heterocycles. The maximum absolute atomic E-state index is 13.2. The summed E-state index contributed by atoms with van der Waals surface area (Å²) in [5.74, 6) is -0.711. The van der Waals surface area contributed by atoms with E-state index in [1.165, 1.54) is 4.57 Å². The first-order valence-electron chi connectivity index (χ1n) is 10.9. The molecule has 168 valence electrons. The van der Waals surface area contributed by atoms with Crippen molar-refractivity contribution in [2.75, 3.05) is 6.54 Å². The first kappa shape index (κ1) is 22.0. The van der Waals surface area contributed by atoms with Crippen LogP contribution in [0.2, 0.25) is 18.1 Å². The second kappa shape index (κ2) is 7.42. The van der Waals surface area contributed by atoms with Crippen molar-refractivity contribution in [3.63, 3.8) is 0 Å². The molecule has 2 N–H and O–H groups in total. The molecule has 9 heteroatoms. The zero-order valence-corrected chi connectivity index (χ0v) is 20.1. The second-order valence-corrected chi connectivity index (χ2v) is 15.0. The van der Waals surface area contributed by atoms with Gasteiger partial charge in [-0.05, 0) is 36.2 Å². The third kappa shape index (κ3) is 3.58. The second-order valence-electron chi connectivity index (χ2n) is 10.2. The number of benzene rings is 1. The summed E-state index contributed by atoms with van der Waals surface area (Å²) in [6.45, 7) is 12.0. The van der Waals surface area contributed by atoms with Crippen LogP contribution in [0.1, 0.15) is 51.3 Å². The number of imide groups is 1. The van der Waals surface area contributed by atoms with Crippen LogP contribution in [-0.2, 0) is 21.1 Å². The number of amides is 2. The average Bonchev–Trinajstić information content (AvgIpc) is 2.90. The number of carbonyl (C=O) groups excluding carboxylic acids is 2. The highest BCUT2D eigenvalue weighted by atomic mass is 28.4. The molecule has 1 aromatic heterocycles. The topological polar surface area (TPSA) is 94.4 Å². The summed E-state index contributed by atoms with van der Waals surface area (Å²) in [5, 5.41) is 5.95. The predicted octanol–water partition coefficient (Wildman–Crippen LogP) is 2.35. The Kier molecular flexibility index (Phi) is 5.26. The van der Waals surface area contributed by atoms with Gasteiger partial charge in [0.2, 0.25) is 11.8 Å². The Labute approximate surface area is 183 Å². The van der Waals surface area contributed by atoms with Crippen molar-refractivity contribution < 1.29 is 14.0 Å². The number of hydrogen-bond acceptors (Lipinski definition) is 5. The SMILES string of the molecule is Cn1c(=O)n(C2CCC(=O)NC2=O)c2cccc(C3NCC3O[Si](C)(C)C(C)(C)C)c21. The molecule has 0 saturated carbocycles. The van der Waals surface area contributed by atoms with Crippen molar-refractivity contribution in [1.29, 1.82) is 0 Å². The fourth-order valence-corrected chi connectivity index (χ4v) is 5.59. The minimum absolute atomic E-state index is 0.0129. The molecular weight excluding hydrogens is 412 g/mol. The third-order valence-corrected chi connectivity index (χ3v) is 11.7. The van der Waals surface area contributed by atoms with E-state index in [9.17, 15) is 14.4 Å². The first-order valence-corrected chi connectivity index (χ1v) is 13.8. The highest BCUT2D eigenvalue weighted by Crippen LogP contribution is 2.41. The molecule has 31 heavy (non-hydrogen) atoms. The fourth-order valence-electron chi connectivity index (χ4n) is 4.26. The van der Waals surface area contributed by atoms with E-state index >= 15 is 0 Å². The average molecular weight is 445 g/mol. The molecule has 0 spiro atoms. The molecule has 2 fully saturated rings. The van der Waals surface area contributed by atoms with E-state index in [1.807, 2.05) is 18.2 Å². The van der Waals surface area contributed by atoms with E-state index in [4.69, 9.17) is 4.43 Å². The molecule has 8 nitrogen and oxygen atoms in total. The van der Waals surface area contributed by atoms with Crippen LogP contribution in [0.3, 0.4) is 0 Å². The summed E-state index contributed by atoms with van der Waals surface area (Å²) >= 11 is 0. The predicted molar refractivity (Wildman–Crippen MR) is 121 cm³/mol. The Bertz CT molecular complexity index is 1110. The number of para-hydroxylation sites is 1. The zero-order valence-electron chi connectivity index (χ0n) is 19.1. The maximum Gasteiger partial charge on any atom is 0.329 e. The van der Waals surface area contributed by atoms with Gasteiger partial charge >= 0.3 is 5.69 Å². The number of nitrogens with one attached hydrogen (secondary N) is 2. The third-order valence-electron chi connectivity index (χ3n) is 7.15. The number of rotatable bonds is 4. The van der Waals surface area contributed by atoms with Gasteiger partial charge in [0.25, 0.3) is 0 Å². The van der Waals surface area contributed by atoms with Crippen LogP contribution in [0.15, 0.2) is 23.0 Å². The van der Waals surface area contributed by atoms with E-state index < -0.39 is 20.3 Å². The summed E-state index contributed by atoms with van der Waals surface area (Å²) in [6, 6.07) is 5.11. The molecule has 2 amide bonds. The lowest BCUT2D eigenvalue weighted by Gasteiger charge is -2.46. The molecule has 4 rings (SSSR count). The number of aromatic nitrogens is 2. The molecule has 2 saturated heterocycles. The lowest BCUT2D eigenvalue weighted by atomic mass is 9.93. The number of piperidine rings is 1. The molecule has 0 bridgehead atoms. The molecule has 2 aliphatic rings. The van der Waals surface area contributed by atoms with E-state index in [-0.39, 0.29) is 35.2 Å². The molecule has 0 radical (unpaired) electrons. The van der Waals surface area contributed by atoms with Gasteiger partial charge in [0.1, 0.15) is 6.04 Å². The normalized spacial score (nSPS) is 24.9. The van der Waals surface area contributed by atoms with Gasteiger partial charge in [0, 0.05) is 20.0 Å². The van der Waals surface area contributed by atoms with Crippen LogP contribution in [0.4, 0.5) is 0 Å². The van der Waals surface area contributed by atoms with Crippen LogP contribution < -0.4 is 16.3 Å². The van der Waals surface area contributed by atoms with Gasteiger partial charge in [-0.1, -0.05) is 32.9 Å². The van der Waals surface area contributed by atoms with E-state index in [1.54, 1.807) is 11.6 Å². The largest absolute Gasteiger partial charge is 0.411 e. The van der Waals surface area contributed by atoms with Gasteiger partial charge in [-0.3, -0.25) is 24.0 Å². The summed E-state index contributed by atoms with van der Waals surface area (Å²) in [6.07, 6.45) is 0.596. The summed E-state index contributed by atoms with van der Waals surface area (Å²) < 4.78 is 9.80. The number of imidazole rings is 1. The lowest BCUT2D eigenvalue weighted by molar-refractivity contribution is -0.135.